The highest BCUT2D eigenvalue weighted by Crippen LogP contribution is 2.30. The highest BCUT2D eigenvalue weighted by atomic mass is 16.5. The van der Waals surface area contributed by atoms with Gasteiger partial charge < -0.3 is 30.6 Å². The first-order chi connectivity index (χ1) is 13.1. The van der Waals surface area contributed by atoms with Crippen molar-refractivity contribution < 1.29 is 14.9 Å². The van der Waals surface area contributed by atoms with E-state index in [0.717, 1.165) is 30.9 Å². The zero-order chi connectivity index (χ0) is 18.8. The van der Waals surface area contributed by atoms with Crippen LogP contribution in [0.15, 0.2) is 36.4 Å². The smallest absolute Gasteiger partial charge is 0.159 e. The first kappa shape index (κ1) is 17.6. The SMILES string of the molecule is CNc1ccccc1CC[C@@H]1CN[C@H](c2nc3cc(O)c(O)cc3[nH]2)CO1. The largest absolute Gasteiger partial charge is 0.504 e. The van der Waals surface area contributed by atoms with E-state index in [0.29, 0.717) is 17.6 Å². The van der Waals surface area contributed by atoms with E-state index >= 15 is 0 Å². The maximum absolute atomic E-state index is 9.62. The number of para-hydroxylation sites is 1. The van der Waals surface area contributed by atoms with Gasteiger partial charge in [-0.05, 0) is 24.5 Å². The van der Waals surface area contributed by atoms with Crippen molar-refractivity contribution in [1.82, 2.24) is 15.3 Å². The maximum atomic E-state index is 9.62. The van der Waals surface area contributed by atoms with Gasteiger partial charge in [0.25, 0.3) is 0 Å². The minimum atomic E-state index is -0.171. The number of rotatable bonds is 5. The summed E-state index contributed by atoms with van der Waals surface area (Å²) in [5, 5.41) is 25.9. The van der Waals surface area contributed by atoms with Crippen LogP contribution in [0.4, 0.5) is 5.69 Å². The molecule has 0 unspecified atom stereocenters. The Hall–Kier alpha value is -2.77. The number of aromatic nitrogens is 2. The Morgan fingerprint density at radius 3 is 2.81 bits per heavy atom. The predicted molar refractivity (Wildman–Crippen MR) is 104 cm³/mol. The quantitative estimate of drug-likeness (QED) is 0.444. The molecule has 142 valence electrons. The van der Waals surface area contributed by atoms with E-state index in [1.807, 2.05) is 13.1 Å². The first-order valence-corrected chi connectivity index (χ1v) is 9.16. The molecular formula is C20H24N4O3. The molecule has 1 aliphatic heterocycles. The van der Waals surface area contributed by atoms with Crippen LogP contribution < -0.4 is 10.6 Å². The van der Waals surface area contributed by atoms with Gasteiger partial charge in [0.1, 0.15) is 5.82 Å². The van der Waals surface area contributed by atoms with Crippen LogP contribution >= 0.6 is 0 Å². The molecule has 2 atom stereocenters. The molecular weight excluding hydrogens is 344 g/mol. The fourth-order valence-corrected chi connectivity index (χ4v) is 3.50. The molecule has 1 fully saturated rings. The number of hydrogen-bond acceptors (Lipinski definition) is 6. The Kier molecular flexibility index (Phi) is 4.87. The standard InChI is InChI=1S/C20H24N4O3/c1-21-14-5-3-2-4-12(14)6-7-13-10-22-17(11-27-13)20-23-15-8-18(25)19(26)9-16(15)24-20/h2-5,8-9,13,17,21-22,25-26H,6-7,10-11H2,1H3,(H,23,24)/t13-,17+/m1/s1. The summed E-state index contributed by atoms with van der Waals surface area (Å²) in [5.74, 6) is 0.414. The Bertz CT molecular complexity index is 893. The molecule has 0 aliphatic carbocycles. The second-order valence-corrected chi connectivity index (χ2v) is 6.84. The van der Waals surface area contributed by atoms with Gasteiger partial charge >= 0.3 is 0 Å². The third kappa shape index (κ3) is 3.70. The number of imidazole rings is 1. The van der Waals surface area contributed by atoms with Crippen molar-refractivity contribution in [3.63, 3.8) is 0 Å². The number of aromatic amines is 1. The van der Waals surface area contributed by atoms with Crippen molar-refractivity contribution in [2.75, 3.05) is 25.5 Å². The summed E-state index contributed by atoms with van der Waals surface area (Å²) in [7, 11) is 1.94. The molecule has 5 N–H and O–H groups in total. The number of H-pyrrole nitrogens is 1. The molecule has 0 bridgehead atoms. The van der Waals surface area contributed by atoms with Gasteiger partial charge in [-0.3, -0.25) is 0 Å². The average Bonchev–Trinajstić information content (AvgIpc) is 3.10. The van der Waals surface area contributed by atoms with E-state index < -0.39 is 0 Å². The summed E-state index contributed by atoms with van der Waals surface area (Å²) in [6.45, 7) is 1.27. The number of aromatic hydroxyl groups is 2. The summed E-state index contributed by atoms with van der Waals surface area (Å²) in [6.07, 6.45) is 2.06. The van der Waals surface area contributed by atoms with E-state index in [2.05, 4.69) is 38.8 Å². The zero-order valence-corrected chi connectivity index (χ0v) is 15.2. The van der Waals surface area contributed by atoms with Crippen LogP contribution in [0.5, 0.6) is 11.5 Å². The molecule has 2 heterocycles. The average molecular weight is 368 g/mol. The molecule has 1 aromatic heterocycles. The van der Waals surface area contributed by atoms with Gasteiger partial charge in [0, 0.05) is 31.4 Å². The highest BCUT2D eigenvalue weighted by molar-refractivity contribution is 5.79. The lowest BCUT2D eigenvalue weighted by atomic mass is 10.0. The van der Waals surface area contributed by atoms with Gasteiger partial charge in [-0.25, -0.2) is 4.98 Å². The molecule has 4 rings (SSSR count). The summed E-state index contributed by atoms with van der Waals surface area (Å²) in [6, 6.07) is 11.2. The van der Waals surface area contributed by atoms with E-state index in [4.69, 9.17) is 4.74 Å². The van der Waals surface area contributed by atoms with Crippen LogP contribution in [0.2, 0.25) is 0 Å². The minimum Gasteiger partial charge on any atom is -0.504 e. The number of aryl methyl sites for hydroxylation is 1. The van der Waals surface area contributed by atoms with Gasteiger partial charge in [-0.1, -0.05) is 18.2 Å². The van der Waals surface area contributed by atoms with Crippen LogP contribution in [0.25, 0.3) is 11.0 Å². The van der Waals surface area contributed by atoms with Crippen molar-refractivity contribution in [1.29, 1.82) is 0 Å². The Balaban J connectivity index is 1.36. The molecule has 1 aliphatic rings. The van der Waals surface area contributed by atoms with Crippen LogP contribution in [0.1, 0.15) is 23.9 Å². The lowest BCUT2D eigenvalue weighted by Gasteiger charge is -2.29. The fourth-order valence-electron chi connectivity index (χ4n) is 3.50. The van der Waals surface area contributed by atoms with Gasteiger partial charge in [-0.2, -0.15) is 0 Å². The Labute approximate surface area is 157 Å². The van der Waals surface area contributed by atoms with E-state index in [-0.39, 0.29) is 23.6 Å². The molecule has 0 spiro atoms. The molecule has 0 radical (unpaired) electrons. The lowest BCUT2D eigenvalue weighted by molar-refractivity contribution is -0.00197. The van der Waals surface area contributed by atoms with Crippen molar-refractivity contribution >= 4 is 16.7 Å². The minimum absolute atomic E-state index is 0.0393. The monoisotopic (exact) mass is 368 g/mol. The summed E-state index contributed by atoms with van der Waals surface area (Å²) in [5.41, 5.74) is 3.76. The molecule has 2 aromatic carbocycles. The van der Waals surface area contributed by atoms with Gasteiger partial charge in [0.15, 0.2) is 11.5 Å². The van der Waals surface area contributed by atoms with Crippen LogP contribution in [0, 0.1) is 0 Å². The molecule has 1 saturated heterocycles. The number of morpholine rings is 1. The number of benzene rings is 2. The predicted octanol–water partition coefficient (Wildman–Crippen LogP) is 2.68. The molecule has 3 aromatic rings. The van der Waals surface area contributed by atoms with Crippen LogP contribution in [0.3, 0.4) is 0 Å². The molecule has 0 amide bonds. The van der Waals surface area contributed by atoms with Gasteiger partial charge in [0.05, 0.1) is 29.8 Å². The fraction of sp³-hybridized carbons (Fsp3) is 0.350. The maximum Gasteiger partial charge on any atom is 0.159 e. The molecule has 27 heavy (non-hydrogen) atoms. The normalized spacial score (nSPS) is 20.0. The Morgan fingerprint density at radius 1 is 1.22 bits per heavy atom. The number of fused-ring (bicyclic) bond motifs is 1. The highest BCUT2D eigenvalue weighted by Gasteiger charge is 2.25. The molecule has 7 nitrogen and oxygen atoms in total. The molecule has 7 heteroatoms. The number of anilines is 1. The van der Waals surface area contributed by atoms with Crippen LogP contribution in [-0.4, -0.2) is 46.5 Å². The Morgan fingerprint density at radius 2 is 2.04 bits per heavy atom. The number of nitrogens with one attached hydrogen (secondary N) is 3. The first-order valence-electron chi connectivity index (χ1n) is 9.16. The summed E-state index contributed by atoms with van der Waals surface area (Å²) in [4.78, 5) is 7.69. The third-order valence-electron chi connectivity index (χ3n) is 5.04. The second kappa shape index (κ2) is 7.46. The molecule has 0 saturated carbocycles. The zero-order valence-electron chi connectivity index (χ0n) is 15.2. The number of hydrogen-bond donors (Lipinski definition) is 5. The van der Waals surface area contributed by atoms with E-state index in [1.165, 1.54) is 17.7 Å². The number of ether oxygens (including phenoxy) is 1. The second-order valence-electron chi connectivity index (χ2n) is 6.84. The van der Waals surface area contributed by atoms with Crippen molar-refractivity contribution in [3.8, 4) is 11.5 Å². The summed E-state index contributed by atoms with van der Waals surface area (Å²) >= 11 is 0. The van der Waals surface area contributed by atoms with Crippen molar-refractivity contribution in [2.45, 2.75) is 25.0 Å². The van der Waals surface area contributed by atoms with Crippen LogP contribution in [-0.2, 0) is 11.2 Å². The number of phenols is 2. The lowest BCUT2D eigenvalue weighted by Crippen LogP contribution is -2.41. The van der Waals surface area contributed by atoms with E-state index in [1.54, 1.807) is 0 Å². The van der Waals surface area contributed by atoms with Crippen molar-refractivity contribution in [3.05, 3.63) is 47.8 Å². The number of phenolic OH excluding ortho intramolecular Hbond substituents is 2. The third-order valence-corrected chi connectivity index (χ3v) is 5.04. The number of nitrogens with zero attached hydrogens (tertiary/aromatic N) is 1. The van der Waals surface area contributed by atoms with Gasteiger partial charge in [0.2, 0.25) is 0 Å². The van der Waals surface area contributed by atoms with Crippen molar-refractivity contribution in [2.24, 2.45) is 0 Å². The topological polar surface area (TPSA) is 102 Å². The van der Waals surface area contributed by atoms with E-state index in [9.17, 15) is 10.2 Å². The summed E-state index contributed by atoms with van der Waals surface area (Å²) < 4.78 is 6.04. The van der Waals surface area contributed by atoms with Gasteiger partial charge in [-0.15, -0.1) is 0 Å².